The van der Waals surface area contributed by atoms with Crippen molar-refractivity contribution in [2.45, 2.75) is 30.7 Å². The Morgan fingerprint density at radius 1 is 1.45 bits per heavy atom. The first kappa shape index (κ1) is 16.4. The van der Waals surface area contributed by atoms with E-state index in [4.69, 9.17) is 9.84 Å². The third-order valence-corrected chi connectivity index (χ3v) is 3.60. The van der Waals surface area contributed by atoms with Crippen LogP contribution in [0.15, 0.2) is 29.2 Å². The van der Waals surface area contributed by atoms with Gasteiger partial charge in [0.25, 0.3) is 0 Å². The molecular formula is C14H19NO4S. The topological polar surface area (TPSA) is 75.6 Å². The van der Waals surface area contributed by atoms with Gasteiger partial charge in [-0.3, -0.25) is 9.59 Å². The van der Waals surface area contributed by atoms with Gasteiger partial charge in [0, 0.05) is 17.4 Å². The fraction of sp³-hybridized carbons (Fsp3) is 0.429. The first-order chi connectivity index (χ1) is 9.51. The molecule has 1 aromatic carbocycles. The van der Waals surface area contributed by atoms with Crippen LogP contribution in [-0.2, 0) is 9.59 Å². The Kier molecular flexibility index (Phi) is 6.93. The SMILES string of the molecule is COc1cccc(SCC(=O)NC(C)CCC(=O)O)c1. The molecule has 110 valence electrons. The maximum atomic E-state index is 11.7. The highest BCUT2D eigenvalue weighted by atomic mass is 32.2. The van der Waals surface area contributed by atoms with E-state index in [0.29, 0.717) is 12.2 Å². The van der Waals surface area contributed by atoms with Crippen LogP contribution in [0.1, 0.15) is 19.8 Å². The molecule has 0 bridgehead atoms. The summed E-state index contributed by atoms with van der Waals surface area (Å²) in [6, 6.07) is 7.36. The van der Waals surface area contributed by atoms with Crippen LogP contribution in [-0.4, -0.2) is 35.9 Å². The van der Waals surface area contributed by atoms with E-state index in [0.717, 1.165) is 10.6 Å². The smallest absolute Gasteiger partial charge is 0.303 e. The molecule has 5 nitrogen and oxygen atoms in total. The van der Waals surface area contributed by atoms with Gasteiger partial charge < -0.3 is 15.2 Å². The van der Waals surface area contributed by atoms with E-state index in [1.54, 1.807) is 14.0 Å². The Morgan fingerprint density at radius 3 is 2.85 bits per heavy atom. The Morgan fingerprint density at radius 2 is 2.20 bits per heavy atom. The maximum absolute atomic E-state index is 11.7. The van der Waals surface area contributed by atoms with E-state index in [2.05, 4.69) is 5.32 Å². The summed E-state index contributed by atoms with van der Waals surface area (Å²) in [6.07, 6.45) is 0.495. The molecule has 20 heavy (non-hydrogen) atoms. The number of carboxylic acids is 1. The average molecular weight is 297 g/mol. The predicted molar refractivity (Wildman–Crippen MR) is 78.2 cm³/mol. The molecule has 2 N–H and O–H groups in total. The zero-order chi connectivity index (χ0) is 15.0. The van der Waals surface area contributed by atoms with Gasteiger partial charge in [0.1, 0.15) is 5.75 Å². The molecule has 1 aromatic rings. The predicted octanol–water partition coefficient (Wildman–Crippen LogP) is 2.16. The monoisotopic (exact) mass is 297 g/mol. The minimum absolute atomic E-state index is 0.0600. The van der Waals surface area contributed by atoms with Gasteiger partial charge >= 0.3 is 5.97 Å². The number of nitrogens with one attached hydrogen (secondary N) is 1. The molecule has 1 rings (SSSR count). The van der Waals surface area contributed by atoms with Crippen LogP contribution >= 0.6 is 11.8 Å². The molecule has 0 spiro atoms. The molecule has 1 amide bonds. The van der Waals surface area contributed by atoms with Crippen molar-refractivity contribution in [3.63, 3.8) is 0 Å². The van der Waals surface area contributed by atoms with Crippen molar-refractivity contribution >= 4 is 23.6 Å². The van der Waals surface area contributed by atoms with Gasteiger partial charge in [-0.2, -0.15) is 0 Å². The Hall–Kier alpha value is -1.69. The lowest BCUT2D eigenvalue weighted by Gasteiger charge is -2.12. The number of hydrogen-bond donors (Lipinski definition) is 2. The Balaban J connectivity index is 2.33. The molecule has 0 aliphatic rings. The van der Waals surface area contributed by atoms with Gasteiger partial charge in [-0.1, -0.05) is 6.07 Å². The van der Waals surface area contributed by atoms with Gasteiger partial charge in [-0.25, -0.2) is 0 Å². The molecule has 1 atom stereocenters. The Bertz CT molecular complexity index is 464. The minimum atomic E-state index is -0.850. The maximum Gasteiger partial charge on any atom is 0.303 e. The zero-order valence-corrected chi connectivity index (χ0v) is 12.4. The van der Waals surface area contributed by atoms with Crippen LogP contribution in [0.5, 0.6) is 5.75 Å². The number of rotatable bonds is 8. The van der Waals surface area contributed by atoms with Crippen molar-refractivity contribution in [3.05, 3.63) is 24.3 Å². The third kappa shape index (κ3) is 6.47. The summed E-state index contributed by atoms with van der Waals surface area (Å²) in [7, 11) is 1.60. The lowest BCUT2D eigenvalue weighted by atomic mass is 10.2. The Labute approximate surface area is 122 Å². The number of methoxy groups -OCH3 is 1. The quantitative estimate of drug-likeness (QED) is 0.719. The van der Waals surface area contributed by atoms with E-state index >= 15 is 0 Å². The number of ether oxygens (including phenoxy) is 1. The lowest BCUT2D eigenvalue weighted by Crippen LogP contribution is -2.34. The molecule has 1 unspecified atom stereocenters. The van der Waals surface area contributed by atoms with Crippen LogP contribution in [0.2, 0.25) is 0 Å². The molecule has 0 radical (unpaired) electrons. The van der Waals surface area contributed by atoms with E-state index in [-0.39, 0.29) is 18.4 Å². The van der Waals surface area contributed by atoms with Gasteiger partial charge in [0.2, 0.25) is 5.91 Å². The number of amides is 1. The van der Waals surface area contributed by atoms with Crippen LogP contribution in [0.25, 0.3) is 0 Å². The lowest BCUT2D eigenvalue weighted by molar-refractivity contribution is -0.137. The second-order valence-electron chi connectivity index (χ2n) is 4.37. The van der Waals surface area contributed by atoms with Crippen molar-refractivity contribution in [1.29, 1.82) is 0 Å². The summed E-state index contributed by atoms with van der Waals surface area (Å²) in [5, 5.41) is 11.3. The van der Waals surface area contributed by atoms with Crippen molar-refractivity contribution < 1.29 is 19.4 Å². The van der Waals surface area contributed by atoms with Gasteiger partial charge in [-0.15, -0.1) is 11.8 Å². The number of thioether (sulfide) groups is 1. The molecular weight excluding hydrogens is 278 g/mol. The molecule has 0 heterocycles. The molecule has 0 saturated carbocycles. The van der Waals surface area contributed by atoms with E-state index in [1.807, 2.05) is 24.3 Å². The second kappa shape index (κ2) is 8.47. The normalized spacial score (nSPS) is 11.7. The number of carboxylic acid groups (broad SMARTS) is 1. The molecule has 0 saturated heterocycles. The van der Waals surface area contributed by atoms with Crippen molar-refractivity contribution in [2.24, 2.45) is 0 Å². The van der Waals surface area contributed by atoms with Gasteiger partial charge in [0.05, 0.1) is 12.9 Å². The molecule has 0 aliphatic carbocycles. The summed E-state index contributed by atoms with van der Waals surface area (Å²) >= 11 is 1.42. The third-order valence-electron chi connectivity index (χ3n) is 2.61. The molecule has 6 heteroatoms. The van der Waals surface area contributed by atoms with Crippen molar-refractivity contribution in [3.8, 4) is 5.75 Å². The van der Waals surface area contributed by atoms with Crippen molar-refractivity contribution in [1.82, 2.24) is 5.32 Å². The van der Waals surface area contributed by atoms with E-state index < -0.39 is 5.97 Å². The van der Waals surface area contributed by atoms with Crippen LogP contribution in [0.3, 0.4) is 0 Å². The van der Waals surface area contributed by atoms with Crippen LogP contribution in [0.4, 0.5) is 0 Å². The highest BCUT2D eigenvalue weighted by Gasteiger charge is 2.09. The second-order valence-corrected chi connectivity index (χ2v) is 5.42. The number of hydrogen-bond acceptors (Lipinski definition) is 4. The minimum Gasteiger partial charge on any atom is -0.497 e. The van der Waals surface area contributed by atoms with Gasteiger partial charge in [-0.05, 0) is 31.5 Å². The largest absolute Gasteiger partial charge is 0.497 e. The molecule has 0 fully saturated rings. The van der Waals surface area contributed by atoms with Gasteiger partial charge in [0.15, 0.2) is 0 Å². The highest BCUT2D eigenvalue weighted by molar-refractivity contribution is 8.00. The average Bonchev–Trinajstić information content (AvgIpc) is 2.43. The highest BCUT2D eigenvalue weighted by Crippen LogP contribution is 2.22. The summed E-state index contributed by atoms with van der Waals surface area (Å²) in [5.41, 5.74) is 0. The summed E-state index contributed by atoms with van der Waals surface area (Å²) < 4.78 is 5.11. The first-order valence-electron chi connectivity index (χ1n) is 6.29. The fourth-order valence-corrected chi connectivity index (χ4v) is 2.32. The summed E-state index contributed by atoms with van der Waals surface area (Å²) in [6.45, 7) is 1.80. The number of aliphatic carboxylic acids is 1. The van der Waals surface area contributed by atoms with E-state index in [9.17, 15) is 9.59 Å². The standard InChI is InChI=1S/C14H19NO4S/c1-10(6-7-14(17)18)15-13(16)9-20-12-5-3-4-11(8-12)19-2/h3-5,8,10H,6-7,9H2,1-2H3,(H,15,16)(H,17,18). The molecule has 0 aliphatic heterocycles. The van der Waals surface area contributed by atoms with E-state index in [1.165, 1.54) is 11.8 Å². The zero-order valence-electron chi connectivity index (χ0n) is 11.6. The van der Waals surface area contributed by atoms with Crippen LogP contribution < -0.4 is 10.1 Å². The number of benzene rings is 1. The first-order valence-corrected chi connectivity index (χ1v) is 7.28. The summed E-state index contributed by atoms with van der Waals surface area (Å²) in [4.78, 5) is 23.1. The van der Waals surface area contributed by atoms with Crippen molar-refractivity contribution in [2.75, 3.05) is 12.9 Å². The fourth-order valence-electron chi connectivity index (χ4n) is 1.57. The van der Waals surface area contributed by atoms with Crippen LogP contribution in [0, 0.1) is 0 Å². The molecule has 0 aromatic heterocycles. The number of carbonyl (C=O) groups is 2. The number of carbonyl (C=O) groups excluding carboxylic acids is 1. The summed E-state index contributed by atoms with van der Waals surface area (Å²) in [5.74, 6) is 0.0997.